The second kappa shape index (κ2) is 6.10. The fourth-order valence-electron chi connectivity index (χ4n) is 2.63. The summed E-state index contributed by atoms with van der Waals surface area (Å²) in [5.41, 5.74) is 1.28. The highest BCUT2D eigenvalue weighted by Gasteiger charge is 2.22. The molecule has 0 aromatic heterocycles. The van der Waals surface area contributed by atoms with Crippen molar-refractivity contribution in [1.29, 1.82) is 0 Å². The van der Waals surface area contributed by atoms with Crippen molar-refractivity contribution in [1.82, 2.24) is 5.32 Å². The second-order valence-corrected chi connectivity index (χ2v) is 5.11. The molecule has 1 aliphatic heterocycles. The quantitative estimate of drug-likeness (QED) is 0.889. The molecule has 100 valence electrons. The van der Waals surface area contributed by atoms with E-state index in [0.717, 1.165) is 36.9 Å². The summed E-state index contributed by atoms with van der Waals surface area (Å²) in [7, 11) is 3.41. The number of nitrogens with one attached hydrogen (secondary N) is 1. The van der Waals surface area contributed by atoms with Crippen LogP contribution in [0.5, 0.6) is 11.5 Å². The number of ether oxygens (including phenoxy) is 2. The lowest BCUT2D eigenvalue weighted by atomic mass is 9.83. The summed E-state index contributed by atoms with van der Waals surface area (Å²) in [6, 6.07) is 6.11. The molecule has 1 N–H and O–H groups in total. The van der Waals surface area contributed by atoms with Crippen LogP contribution in [0.25, 0.3) is 0 Å². The number of hydrogen-bond acceptors (Lipinski definition) is 3. The van der Waals surface area contributed by atoms with Gasteiger partial charge in [-0.1, -0.05) is 13.0 Å². The van der Waals surface area contributed by atoms with Crippen molar-refractivity contribution in [3.63, 3.8) is 0 Å². The van der Waals surface area contributed by atoms with E-state index in [1.807, 2.05) is 12.1 Å². The van der Waals surface area contributed by atoms with Gasteiger partial charge in [0.2, 0.25) is 0 Å². The van der Waals surface area contributed by atoms with Gasteiger partial charge in [0, 0.05) is 6.07 Å². The fraction of sp³-hybridized carbons (Fsp3) is 0.600. The maximum absolute atomic E-state index is 5.46. The Kier molecular flexibility index (Phi) is 4.48. The van der Waals surface area contributed by atoms with Crippen molar-refractivity contribution in [2.45, 2.75) is 19.8 Å². The van der Waals surface area contributed by atoms with Gasteiger partial charge in [0.25, 0.3) is 0 Å². The third-order valence-corrected chi connectivity index (χ3v) is 3.96. The number of benzene rings is 1. The average molecular weight is 249 g/mol. The molecule has 1 saturated heterocycles. The van der Waals surface area contributed by atoms with E-state index in [1.165, 1.54) is 12.0 Å². The van der Waals surface area contributed by atoms with Crippen LogP contribution in [0, 0.1) is 11.8 Å². The second-order valence-electron chi connectivity index (χ2n) is 5.11. The lowest BCUT2D eigenvalue weighted by Gasteiger charge is -2.30. The first-order valence-electron chi connectivity index (χ1n) is 6.66. The van der Waals surface area contributed by atoms with Crippen LogP contribution in [0.4, 0.5) is 0 Å². The van der Waals surface area contributed by atoms with Gasteiger partial charge in [-0.2, -0.15) is 0 Å². The molecule has 1 aromatic rings. The SMILES string of the molecule is COc1ccc(CC2CNCCC2C)c(OC)c1. The van der Waals surface area contributed by atoms with Gasteiger partial charge in [-0.3, -0.25) is 0 Å². The van der Waals surface area contributed by atoms with Crippen LogP contribution in [-0.4, -0.2) is 27.3 Å². The van der Waals surface area contributed by atoms with Gasteiger partial charge in [0.15, 0.2) is 0 Å². The highest BCUT2D eigenvalue weighted by Crippen LogP contribution is 2.30. The Balaban J connectivity index is 2.12. The van der Waals surface area contributed by atoms with Crippen LogP contribution in [0.1, 0.15) is 18.9 Å². The molecule has 1 aliphatic rings. The van der Waals surface area contributed by atoms with Gasteiger partial charge in [0.1, 0.15) is 11.5 Å². The molecule has 1 fully saturated rings. The zero-order chi connectivity index (χ0) is 13.0. The fourth-order valence-corrected chi connectivity index (χ4v) is 2.63. The first-order chi connectivity index (χ1) is 8.74. The highest BCUT2D eigenvalue weighted by atomic mass is 16.5. The van der Waals surface area contributed by atoms with Crippen molar-refractivity contribution in [2.75, 3.05) is 27.3 Å². The molecular weight excluding hydrogens is 226 g/mol. The minimum absolute atomic E-state index is 0.695. The maximum Gasteiger partial charge on any atom is 0.125 e. The molecule has 18 heavy (non-hydrogen) atoms. The topological polar surface area (TPSA) is 30.5 Å². The third kappa shape index (κ3) is 2.96. The Labute approximate surface area is 109 Å². The van der Waals surface area contributed by atoms with Crippen molar-refractivity contribution in [3.05, 3.63) is 23.8 Å². The van der Waals surface area contributed by atoms with E-state index < -0.39 is 0 Å². The Morgan fingerprint density at radius 1 is 1.28 bits per heavy atom. The number of rotatable bonds is 4. The van der Waals surface area contributed by atoms with Gasteiger partial charge in [0.05, 0.1) is 14.2 Å². The third-order valence-electron chi connectivity index (χ3n) is 3.96. The lowest BCUT2D eigenvalue weighted by Crippen LogP contribution is -2.36. The summed E-state index contributed by atoms with van der Waals surface area (Å²) in [5, 5.41) is 3.48. The molecule has 0 radical (unpaired) electrons. The van der Waals surface area contributed by atoms with Gasteiger partial charge in [-0.15, -0.1) is 0 Å². The summed E-state index contributed by atoms with van der Waals surface area (Å²) >= 11 is 0. The molecule has 0 spiro atoms. The lowest BCUT2D eigenvalue weighted by molar-refractivity contribution is 0.270. The van der Waals surface area contributed by atoms with Crippen molar-refractivity contribution in [3.8, 4) is 11.5 Å². The van der Waals surface area contributed by atoms with E-state index in [-0.39, 0.29) is 0 Å². The van der Waals surface area contributed by atoms with Crippen LogP contribution >= 0.6 is 0 Å². The molecule has 3 heteroatoms. The predicted octanol–water partition coefficient (Wildman–Crippen LogP) is 2.49. The van der Waals surface area contributed by atoms with Crippen LogP contribution < -0.4 is 14.8 Å². The normalized spacial score (nSPS) is 23.7. The molecule has 2 rings (SSSR count). The van der Waals surface area contributed by atoms with E-state index in [9.17, 15) is 0 Å². The Hall–Kier alpha value is -1.22. The molecule has 0 saturated carbocycles. The van der Waals surface area contributed by atoms with Gasteiger partial charge in [-0.25, -0.2) is 0 Å². The van der Waals surface area contributed by atoms with Crippen LogP contribution in [-0.2, 0) is 6.42 Å². The maximum atomic E-state index is 5.46. The van der Waals surface area contributed by atoms with Crippen LogP contribution in [0.2, 0.25) is 0 Å². The summed E-state index contributed by atoms with van der Waals surface area (Å²) in [5.74, 6) is 3.26. The van der Waals surface area contributed by atoms with Gasteiger partial charge >= 0.3 is 0 Å². The Morgan fingerprint density at radius 3 is 2.78 bits per heavy atom. The minimum atomic E-state index is 0.695. The summed E-state index contributed by atoms with van der Waals surface area (Å²) < 4.78 is 10.7. The number of hydrogen-bond donors (Lipinski definition) is 1. The standard InChI is InChI=1S/C15H23NO2/c1-11-6-7-16-10-13(11)8-12-4-5-14(17-2)9-15(12)18-3/h4-5,9,11,13,16H,6-8,10H2,1-3H3. The zero-order valence-electron chi connectivity index (χ0n) is 11.5. The first-order valence-corrected chi connectivity index (χ1v) is 6.66. The summed E-state index contributed by atoms with van der Waals surface area (Å²) in [4.78, 5) is 0. The molecule has 0 bridgehead atoms. The predicted molar refractivity (Wildman–Crippen MR) is 73.4 cm³/mol. The monoisotopic (exact) mass is 249 g/mol. The highest BCUT2D eigenvalue weighted by molar-refractivity contribution is 5.41. The van der Waals surface area contributed by atoms with E-state index >= 15 is 0 Å². The van der Waals surface area contributed by atoms with Gasteiger partial charge < -0.3 is 14.8 Å². The van der Waals surface area contributed by atoms with E-state index in [4.69, 9.17) is 9.47 Å². The molecule has 2 unspecified atom stereocenters. The summed E-state index contributed by atoms with van der Waals surface area (Å²) in [6.45, 7) is 4.61. The molecule has 3 nitrogen and oxygen atoms in total. The van der Waals surface area contributed by atoms with Crippen LogP contribution in [0.15, 0.2) is 18.2 Å². The molecule has 1 aromatic carbocycles. The average Bonchev–Trinajstić information content (AvgIpc) is 2.41. The first kappa shape index (κ1) is 13.2. The van der Waals surface area contributed by atoms with Gasteiger partial charge in [-0.05, 0) is 49.4 Å². The minimum Gasteiger partial charge on any atom is -0.497 e. The van der Waals surface area contributed by atoms with Crippen molar-refractivity contribution < 1.29 is 9.47 Å². The molecule has 2 atom stereocenters. The Bertz CT molecular complexity index is 392. The number of piperidine rings is 1. The smallest absolute Gasteiger partial charge is 0.125 e. The molecular formula is C15H23NO2. The number of methoxy groups -OCH3 is 2. The van der Waals surface area contributed by atoms with Crippen molar-refractivity contribution >= 4 is 0 Å². The summed E-state index contributed by atoms with van der Waals surface area (Å²) in [6.07, 6.45) is 2.34. The largest absolute Gasteiger partial charge is 0.497 e. The molecule has 0 amide bonds. The molecule has 0 aliphatic carbocycles. The Morgan fingerprint density at radius 2 is 2.11 bits per heavy atom. The van der Waals surface area contributed by atoms with E-state index in [0.29, 0.717) is 5.92 Å². The van der Waals surface area contributed by atoms with Crippen molar-refractivity contribution in [2.24, 2.45) is 11.8 Å². The zero-order valence-corrected chi connectivity index (χ0v) is 11.5. The van der Waals surface area contributed by atoms with E-state index in [1.54, 1.807) is 14.2 Å². The van der Waals surface area contributed by atoms with E-state index in [2.05, 4.69) is 18.3 Å². The molecule has 1 heterocycles. The van der Waals surface area contributed by atoms with Crippen LogP contribution in [0.3, 0.4) is 0 Å².